The molecule has 0 aliphatic carbocycles. The van der Waals surface area contributed by atoms with Gasteiger partial charge in [-0.05, 0) is 12.0 Å². The first kappa shape index (κ1) is 12.4. The number of methoxy groups -OCH3 is 1. The molecule has 0 radical (unpaired) electrons. The molecule has 3 nitrogen and oxygen atoms in total. The first-order valence-electron chi connectivity index (χ1n) is 4.68. The van der Waals surface area contributed by atoms with E-state index in [0.717, 1.165) is 13.1 Å². The summed E-state index contributed by atoms with van der Waals surface area (Å²) in [6.07, 6.45) is 0. The lowest BCUT2D eigenvalue weighted by molar-refractivity contribution is -0.142. The van der Waals surface area contributed by atoms with Gasteiger partial charge in [-0.1, -0.05) is 27.7 Å². The van der Waals surface area contributed by atoms with Gasteiger partial charge in [0.1, 0.15) is 0 Å². The van der Waals surface area contributed by atoms with E-state index in [2.05, 4.69) is 37.3 Å². The van der Waals surface area contributed by atoms with Gasteiger partial charge in [0, 0.05) is 6.54 Å². The average Bonchev–Trinajstić information content (AvgIpc) is 2.00. The van der Waals surface area contributed by atoms with E-state index in [1.807, 2.05) is 0 Å². The van der Waals surface area contributed by atoms with Crippen LogP contribution in [0.4, 0.5) is 0 Å². The predicted octanol–water partition coefficient (Wildman–Crippen LogP) is 1.53. The maximum atomic E-state index is 11.0. The number of carbonyl (C=O) groups excluding carboxylic acids is 1. The molecule has 0 spiro atoms. The van der Waals surface area contributed by atoms with Gasteiger partial charge in [0.25, 0.3) is 0 Å². The molecule has 0 fully saturated rings. The van der Waals surface area contributed by atoms with Crippen LogP contribution in [0.5, 0.6) is 0 Å². The number of carbonyl (C=O) groups is 1. The van der Waals surface area contributed by atoms with Crippen molar-refractivity contribution >= 4 is 5.97 Å². The van der Waals surface area contributed by atoms with Gasteiger partial charge in [-0.2, -0.15) is 0 Å². The molecular formula is C10H21NO2. The first-order valence-corrected chi connectivity index (χ1v) is 4.68. The number of nitrogens with zero attached hydrogens (tertiary/aromatic N) is 1. The summed E-state index contributed by atoms with van der Waals surface area (Å²) < 4.78 is 4.62. The lowest BCUT2D eigenvalue weighted by atomic mass is 9.96. The molecule has 0 bridgehead atoms. The van der Waals surface area contributed by atoms with Crippen LogP contribution in [0.25, 0.3) is 0 Å². The van der Waals surface area contributed by atoms with Crippen LogP contribution in [0.3, 0.4) is 0 Å². The smallest absolute Gasteiger partial charge is 0.319 e. The van der Waals surface area contributed by atoms with E-state index in [1.165, 1.54) is 7.11 Å². The third-order valence-electron chi connectivity index (χ3n) is 1.73. The summed E-state index contributed by atoms with van der Waals surface area (Å²) in [5.41, 5.74) is 0.226. The summed E-state index contributed by atoms with van der Waals surface area (Å²) in [6, 6.07) is 0. The maximum Gasteiger partial charge on any atom is 0.319 e. The van der Waals surface area contributed by atoms with Crippen molar-refractivity contribution in [3.05, 3.63) is 0 Å². The van der Waals surface area contributed by atoms with Crippen LogP contribution in [0.1, 0.15) is 27.7 Å². The van der Waals surface area contributed by atoms with Gasteiger partial charge in [0.2, 0.25) is 0 Å². The molecule has 0 aromatic rings. The third-order valence-corrected chi connectivity index (χ3v) is 1.73. The van der Waals surface area contributed by atoms with Gasteiger partial charge in [0.15, 0.2) is 0 Å². The van der Waals surface area contributed by atoms with Crippen LogP contribution in [-0.4, -0.2) is 37.6 Å². The number of ether oxygens (including phenoxy) is 1. The highest BCUT2D eigenvalue weighted by atomic mass is 16.5. The fraction of sp³-hybridized carbons (Fsp3) is 0.900. The zero-order valence-electron chi connectivity index (χ0n) is 9.39. The Morgan fingerprint density at radius 3 is 2.23 bits per heavy atom. The Morgan fingerprint density at radius 1 is 1.38 bits per heavy atom. The monoisotopic (exact) mass is 187 g/mol. The van der Waals surface area contributed by atoms with Crippen LogP contribution >= 0.6 is 0 Å². The molecular weight excluding hydrogens is 166 g/mol. The predicted molar refractivity (Wildman–Crippen MR) is 53.6 cm³/mol. The largest absolute Gasteiger partial charge is 0.468 e. The topological polar surface area (TPSA) is 29.5 Å². The Balaban J connectivity index is 3.97. The van der Waals surface area contributed by atoms with E-state index in [-0.39, 0.29) is 11.4 Å². The van der Waals surface area contributed by atoms with E-state index in [0.29, 0.717) is 6.54 Å². The molecule has 0 unspecified atom stereocenters. The summed E-state index contributed by atoms with van der Waals surface area (Å²) >= 11 is 0. The summed E-state index contributed by atoms with van der Waals surface area (Å²) in [5.74, 6) is -0.161. The second-order valence-electron chi connectivity index (χ2n) is 4.44. The van der Waals surface area contributed by atoms with Crippen molar-refractivity contribution in [1.29, 1.82) is 0 Å². The van der Waals surface area contributed by atoms with Gasteiger partial charge >= 0.3 is 5.97 Å². The van der Waals surface area contributed by atoms with Crippen LogP contribution in [0.15, 0.2) is 0 Å². The molecule has 0 saturated heterocycles. The van der Waals surface area contributed by atoms with Crippen molar-refractivity contribution in [3.63, 3.8) is 0 Å². The number of esters is 1. The summed E-state index contributed by atoms with van der Waals surface area (Å²) in [6.45, 7) is 10.7. The fourth-order valence-electron chi connectivity index (χ4n) is 1.20. The Hall–Kier alpha value is -0.570. The van der Waals surface area contributed by atoms with Crippen molar-refractivity contribution in [1.82, 2.24) is 4.90 Å². The Kier molecular flexibility index (Phi) is 4.99. The molecule has 78 valence electrons. The van der Waals surface area contributed by atoms with E-state index in [4.69, 9.17) is 0 Å². The maximum absolute atomic E-state index is 11.0. The Labute approximate surface area is 81.1 Å². The van der Waals surface area contributed by atoms with E-state index >= 15 is 0 Å². The van der Waals surface area contributed by atoms with Crippen molar-refractivity contribution in [2.45, 2.75) is 27.7 Å². The molecule has 0 aromatic carbocycles. The van der Waals surface area contributed by atoms with Crippen LogP contribution in [0.2, 0.25) is 0 Å². The van der Waals surface area contributed by atoms with E-state index < -0.39 is 0 Å². The van der Waals surface area contributed by atoms with Crippen molar-refractivity contribution in [2.24, 2.45) is 5.41 Å². The summed E-state index contributed by atoms with van der Waals surface area (Å²) in [7, 11) is 1.42. The average molecular weight is 187 g/mol. The molecule has 13 heavy (non-hydrogen) atoms. The van der Waals surface area contributed by atoms with Gasteiger partial charge in [-0.3, -0.25) is 9.69 Å². The van der Waals surface area contributed by atoms with Gasteiger partial charge in [-0.25, -0.2) is 0 Å². The minimum absolute atomic E-state index is 0.161. The van der Waals surface area contributed by atoms with Crippen LogP contribution < -0.4 is 0 Å². The number of likely N-dealkylation sites (N-methyl/N-ethyl adjacent to an activating group) is 1. The van der Waals surface area contributed by atoms with Gasteiger partial charge < -0.3 is 4.74 Å². The minimum Gasteiger partial charge on any atom is -0.468 e. The first-order chi connectivity index (χ1) is 5.89. The second kappa shape index (κ2) is 5.22. The Bertz CT molecular complexity index is 161. The lowest BCUT2D eigenvalue weighted by Gasteiger charge is -2.27. The number of hydrogen-bond acceptors (Lipinski definition) is 3. The fourth-order valence-corrected chi connectivity index (χ4v) is 1.20. The zero-order valence-corrected chi connectivity index (χ0v) is 9.39. The van der Waals surface area contributed by atoms with Crippen LogP contribution in [-0.2, 0) is 9.53 Å². The van der Waals surface area contributed by atoms with Crippen molar-refractivity contribution in [2.75, 3.05) is 26.7 Å². The molecule has 0 aliphatic heterocycles. The highest BCUT2D eigenvalue weighted by Gasteiger charge is 2.17. The molecule has 0 N–H and O–H groups in total. The normalized spacial score (nSPS) is 11.8. The summed E-state index contributed by atoms with van der Waals surface area (Å²) in [5, 5.41) is 0. The number of hydrogen-bond donors (Lipinski definition) is 0. The quantitative estimate of drug-likeness (QED) is 0.625. The van der Waals surface area contributed by atoms with Crippen molar-refractivity contribution in [3.8, 4) is 0 Å². The zero-order chi connectivity index (χ0) is 10.5. The molecule has 0 aromatic heterocycles. The van der Waals surface area contributed by atoms with E-state index in [9.17, 15) is 4.79 Å². The third kappa shape index (κ3) is 6.58. The van der Waals surface area contributed by atoms with E-state index in [1.54, 1.807) is 0 Å². The van der Waals surface area contributed by atoms with Gasteiger partial charge in [0.05, 0.1) is 13.7 Å². The molecule has 0 rings (SSSR count). The highest BCUT2D eigenvalue weighted by molar-refractivity contribution is 5.71. The molecule has 3 heteroatoms. The number of rotatable bonds is 4. The SMILES string of the molecule is CCN(CC(=O)OC)CC(C)(C)C. The molecule has 0 amide bonds. The standard InChI is InChI=1S/C10H21NO2/c1-6-11(7-9(12)13-5)8-10(2,3)4/h6-8H2,1-5H3. The highest BCUT2D eigenvalue weighted by Crippen LogP contribution is 2.14. The lowest BCUT2D eigenvalue weighted by Crippen LogP contribution is -2.36. The van der Waals surface area contributed by atoms with Gasteiger partial charge in [-0.15, -0.1) is 0 Å². The molecule has 0 aliphatic rings. The Morgan fingerprint density at radius 2 is 1.92 bits per heavy atom. The second-order valence-corrected chi connectivity index (χ2v) is 4.44. The summed E-state index contributed by atoms with van der Waals surface area (Å²) in [4.78, 5) is 13.1. The molecule has 0 heterocycles. The van der Waals surface area contributed by atoms with Crippen molar-refractivity contribution < 1.29 is 9.53 Å². The minimum atomic E-state index is -0.161. The molecule has 0 saturated carbocycles. The molecule has 0 atom stereocenters. The van der Waals surface area contributed by atoms with Crippen LogP contribution in [0, 0.1) is 5.41 Å².